The van der Waals surface area contributed by atoms with Crippen molar-refractivity contribution in [3.8, 4) is 5.75 Å². The van der Waals surface area contributed by atoms with Gasteiger partial charge in [0.25, 0.3) is 0 Å². The molecule has 2 N–H and O–H groups in total. The number of fused-ring (bicyclic) bond motifs is 1. The number of halogens is 2. The summed E-state index contributed by atoms with van der Waals surface area (Å²) < 4.78 is 21.6. The van der Waals surface area contributed by atoms with Crippen molar-refractivity contribution in [2.75, 3.05) is 13.7 Å². The zero-order chi connectivity index (χ0) is 22.9. The molecule has 1 aromatic heterocycles. The van der Waals surface area contributed by atoms with Crippen LogP contribution in [0.2, 0.25) is 0 Å². The summed E-state index contributed by atoms with van der Waals surface area (Å²) in [5.41, 5.74) is 0.466. The highest BCUT2D eigenvalue weighted by atomic mass is 35.5. The molecule has 0 fully saturated rings. The summed E-state index contributed by atoms with van der Waals surface area (Å²) >= 11 is 5.93. The number of hydrogen-bond acceptors (Lipinski definition) is 4. The fourth-order valence-electron chi connectivity index (χ4n) is 3.93. The Morgan fingerprint density at radius 1 is 1.35 bits per heavy atom. The fourth-order valence-corrected chi connectivity index (χ4v) is 4.18. The van der Waals surface area contributed by atoms with Crippen LogP contribution in [0.3, 0.4) is 0 Å². The molecule has 31 heavy (non-hydrogen) atoms. The number of benzene rings is 1. The van der Waals surface area contributed by atoms with Gasteiger partial charge in [0.1, 0.15) is 17.1 Å². The third kappa shape index (κ3) is 4.38. The number of nitrogens with zero attached hydrogens (tertiary/aromatic N) is 1. The second kappa shape index (κ2) is 9.24. The third-order valence-corrected chi connectivity index (χ3v) is 5.99. The van der Waals surface area contributed by atoms with Gasteiger partial charge >= 0.3 is 5.97 Å². The number of ether oxygens (including phenoxy) is 1. The van der Waals surface area contributed by atoms with Crippen LogP contribution in [0.25, 0.3) is 10.9 Å². The van der Waals surface area contributed by atoms with Crippen molar-refractivity contribution in [3.05, 3.63) is 62.2 Å². The highest BCUT2D eigenvalue weighted by molar-refractivity contribution is 6.31. The Morgan fingerprint density at radius 2 is 2.06 bits per heavy atom. The number of pyridine rings is 1. The molecule has 0 amide bonds. The maximum absolute atomic E-state index is 14.5. The zero-order valence-electron chi connectivity index (χ0n) is 17.6. The Kier molecular flexibility index (Phi) is 6.86. The number of methoxy groups -OCH3 is 1. The lowest BCUT2D eigenvalue weighted by atomic mass is 9.94. The minimum atomic E-state index is -1.35. The Bertz CT molecular complexity index is 1150. The van der Waals surface area contributed by atoms with Crippen molar-refractivity contribution in [1.29, 1.82) is 0 Å². The van der Waals surface area contributed by atoms with E-state index in [9.17, 15) is 24.2 Å². The predicted molar refractivity (Wildman–Crippen MR) is 118 cm³/mol. The van der Waals surface area contributed by atoms with Gasteiger partial charge in [-0.1, -0.05) is 31.5 Å². The SMILES string of the molecule is COc1cc2c(cc1CC1=C(F)C(Cl)=CCC1)c(=O)c(C(=O)O)cn2C(CO)C(C)C. The molecular formula is C23H25ClFNO5. The first-order valence-corrected chi connectivity index (χ1v) is 10.4. The number of carbonyl (C=O) groups is 1. The minimum Gasteiger partial charge on any atom is -0.496 e. The predicted octanol–water partition coefficient (Wildman–Crippen LogP) is 4.58. The van der Waals surface area contributed by atoms with E-state index < -0.39 is 28.8 Å². The molecule has 1 aliphatic carbocycles. The van der Waals surface area contributed by atoms with Crippen LogP contribution in [0.15, 0.2) is 45.6 Å². The molecule has 0 saturated carbocycles. The van der Waals surface area contributed by atoms with Crippen LogP contribution in [0.1, 0.15) is 48.7 Å². The summed E-state index contributed by atoms with van der Waals surface area (Å²) in [5, 5.41) is 19.7. The van der Waals surface area contributed by atoms with Crippen molar-refractivity contribution in [2.45, 2.75) is 39.2 Å². The molecule has 6 nitrogen and oxygen atoms in total. The average Bonchev–Trinajstić information content (AvgIpc) is 2.72. The smallest absolute Gasteiger partial charge is 0.341 e. The lowest BCUT2D eigenvalue weighted by Gasteiger charge is -2.25. The van der Waals surface area contributed by atoms with E-state index in [0.29, 0.717) is 35.2 Å². The number of carboxylic acids is 1. The van der Waals surface area contributed by atoms with Crippen molar-refractivity contribution < 1.29 is 24.1 Å². The van der Waals surface area contributed by atoms with Gasteiger partial charge in [0, 0.05) is 24.1 Å². The molecule has 0 spiro atoms. The number of aliphatic hydroxyl groups is 1. The molecule has 166 valence electrons. The van der Waals surface area contributed by atoms with E-state index in [1.54, 1.807) is 22.8 Å². The van der Waals surface area contributed by atoms with E-state index in [1.165, 1.54) is 13.3 Å². The Morgan fingerprint density at radius 3 is 2.65 bits per heavy atom. The molecule has 2 aromatic rings. The van der Waals surface area contributed by atoms with Crippen LogP contribution in [0.4, 0.5) is 4.39 Å². The largest absolute Gasteiger partial charge is 0.496 e. The van der Waals surface area contributed by atoms with Crippen molar-refractivity contribution in [3.63, 3.8) is 0 Å². The molecule has 3 rings (SSSR count). The molecule has 0 saturated heterocycles. The van der Waals surface area contributed by atoms with Crippen LogP contribution < -0.4 is 10.2 Å². The quantitative estimate of drug-likeness (QED) is 0.645. The summed E-state index contributed by atoms with van der Waals surface area (Å²) in [5.74, 6) is -1.42. The average molecular weight is 450 g/mol. The van der Waals surface area contributed by atoms with Gasteiger partial charge in [0.15, 0.2) is 0 Å². The second-order valence-corrected chi connectivity index (χ2v) is 8.35. The van der Waals surface area contributed by atoms with Gasteiger partial charge in [0.05, 0.1) is 30.3 Å². The van der Waals surface area contributed by atoms with Crippen LogP contribution in [-0.2, 0) is 6.42 Å². The molecule has 1 aromatic carbocycles. The zero-order valence-corrected chi connectivity index (χ0v) is 18.4. The highest BCUT2D eigenvalue weighted by Crippen LogP contribution is 2.35. The number of hydrogen-bond donors (Lipinski definition) is 2. The lowest BCUT2D eigenvalue weighted by Crippen LogP contribution is -2.25. The van der Waals surface area contributed by atoms with Gasteiger partial charge < -0.3 is 19.5 Å². The van der Waals surface area contributed by atoms with Crippen LogP contribution >= 0.6 is 11.6 Å². The molecule has 0 bridgehead atoms. The van der Waals surface area contributed by atoms with Crippen LogP contribution in [-0.4, -0.2) is 34.5 Å². The van der Waals surface area contributed by atoms with E-state index in [-0.39, 0.29) is 29.4 Å². The van der Waals surface area contributed by atoms with Gasteiger partial charge in [-0.15, -0.1) is 0 Å². The summed E-state index contributed by atoms with van der Waals surface area (Å²) in [6.45, 7) is 3.56. The Hall–Kier alpha value is -2.64. The first kappa shape index (κ1) is 23.0. The molecule has 0 radical (unpaired) electrons. The van der Waals surface area contributed by atoms with Crippen LogP contribution in [0.5, 0.6) is 5.75 Å². The van der Waals surface area contributed by atoms with E-state index in [2.05, 4.69) is 0 Å². The topological polar surface area (TPSA) is 88.8 Å². The third-order valence-electron chi connectivity index (χ3n) is 5.67. The Labute approximate surface area is 184 Å². The monoisotopic (exact) mass is 449 g/mol. The maximum Gasteiger partial charge on any atom is 0.341 e. The van der Waals surface area contributed by atoms with E-state index in [1.807, 2.05) is 13.8 Å². The van der Waals surface area contributed by atoms with Gasteiger partial charge in [-0.25, -0.2) is 9.18 Å². The summed E-state index contributed by atoms with van der Waals surface area (Å²) in [4.78, 5) is 24.7. The molecule has 1 unspecified atom stereocenters. The number of rotatable bonds is 7. The summed E-state index contributed by atoms with van der Waals surface area (Å²) in [7, 11) is 1.48. The maximum atomic E-state index is 14.5. The van der Waals surface area contributed by atoms with E-state index in [4.69, 9.17) is 16.3 Å². The molecular weight excluding hydrogens is 425 g/mol. The van der Waals surface area contributed by atoms with Gasteiger partial charge in [0.2, 0.25) is 5.43 Å². The highest BCUT2D eigenvalue weighted by Gasteiger charge is 2.23. The van der Waals surface area contributed by atoms with E-state index in [0.717, 1.165) is 0 Å². The summed E-state index contributed by atoms with van der Waals surface area (Å²) in [6, 6.07) is 2.75. The normalized spacial score (nSPS) is 15.4. The minimum absolute atomic E-state index is 0.0292. The number of aliphatic hydroxyl groups excluding tert-OH is 1. The fraction of sp³-hybridized carbons (Fsp3) is 0.391. The second-order valence-electron chi connectivity index (χ2n) is 7.94. The van der Waals surface area contributed by atoms with Crippen LogP contribution in [0, 0.1) is 5.92 Å². The van der Waals surface area contributed by atoms with Crippen molar-refractivity contribution in [2.24, 2.45) is 5.92 Å². The van der Waals surface area contributed by atoms with Gasteiger partial charge in [-0.05, 0) is 36.0 Å². The van der Waals surface area contributed by atoms with Gasteiger partial charge in [-0.2, -0.15) is 0 Å². The first-order valence-electron chi connectivity index (χ1n) is 10.0. The first-order chi connectivity index (χ1) is 14.7. The molecule has 1 heterocycles. The molecule has 1 atom stereocenters. The van der Waals surface area contributed by atoms with Gasteiger partial charge in [-0.3, -0.25) is 4.79 Å². The lowest BCUT2D eigenvalue weighted by molar-refractivity contribution is 0.0694. The number of aromatic carboxylic acids is 1. The number of aromatic nitrogens is 1. The molecule has 0 aliphatic heterocycles. The van der Waals surface area contributed by atoms with E-state index >= 15 is 0 Å². The number of carboxylic acid groups (broad SMARTS) is 1. The number of allylic oxidation sites excluding steroid dienone is 4. The molecule has 1 aliphatic rings. The van der Waals surface area contributed by atoms with Crippen molar-refractivity contribution in [1.82, 2.24) is 4.57 Å². The Balaban J connectivity index is 2.29. The van der Waals surface area contributed by atoms with Crippen molar-refractivity contribution >= 4 is 28.5 Å². The summed E-state index contributed by atoms with van der Waals surface area (Å²) in [6.07, 6.45) is 4.17. The molecule has 8 heteroatoms. The standard InChI is InChI=1S/C23H25ClFNO5/c1-12(2)19(11-27)26-10-16(23(29)30)22(28)15-8-14(20(31-3)9-18(15)26)7-13-5-4-6-17(24)21(13)25/h6,8-10,12,19,27H,4-5,7,11H2,1-3H3,(H,29,30).